The second-order valence-corrected chi connectivity index (χ2v) is 8.59. The zero-order valence-electron chi connectivity index (χ0n) is 20.2. The van der Waals surface area contributed by atoms with Crippen LogP contribution in [0.4, 0.5) is 0 Å². The van der Waals surface area contributed by atoms with E-state index in [0.29, 0.717) is 45.2 Å². The molecule has 1 rings (SSSR count). The molecular formula is C21H38N8O7. The van der Waals surface area contributed by atoms with Crippen LogP contribution in [0.5, 0.6) is 0 Å². The number of nitrogens with one attached hydrogen (secondary N) is 2. The number of amides is 3. The Balaban J connectivity index is 2.84. The average Bonchev–Trinajstić information content (AvgIpc) is 3.29. The lowest BCUT2D eigenvalue weighted by molar-refractivity contribution is -0.144. The topological polar surface area (TPSA) is 270 Å². The van der Waals surface area contributed by atoms with Crippen molar-refractivity contribution in [3.63, 3.8) is 0 Å². The molecule has 4 atom stereocenters. The third-order valence-corrected chi connectivity index (χ3v) is 5.70. The van der Waals surface area contributed by atoms with Crippen LogP contribution in [0.1, 0.15) is 51.4 Å². The quantitative estimate of drug-likeness (QED) is 0.0584. The number of hydrogen-bond acceptors (Lipinski definition) is 8. The first-order valence-electron chi connectivity index (χ1n) is 11.8. The van der Waals surface area contributed by atoms with Crippen molar-refractivity contribution < 1.29 is 34.2 Å². The van der Waals surface area contributed by atoms with Crippen LogP contribution < -0.4 is 33.6 Å². The van der Waals surface area contributed by atoms with E-state index in [2.05, 4.69) is 15.6 Å². The summed E-state index contributed by atoms with van der Waals surface area (Å²) >= 11 is 0. The standard InChI is InChI=1S/C21H38N8O7/c22-8-2-1-5-12(23)19(34)29-10-4-7-15(29)18(33)28-14(11-16(30)31)17(32)27-13(20(35)36)6-3-9-26-21(24)25/h12-15H,1-11,22-23H2,(H,27,32)(H,28,33)(H,30,31)(H,35,36)(H4,24,25,26). The van der Waals surface area contributed by atoms with Crippen LogP contribution in [0, 0.1) is 0 Å². The Labute approximate surface area is 209 Å². The van der Waals surface area contributed by atoms with Crippen LogP contribution in [0.25, 0.3) is 0 Å². The Kier molecular flexibility index (Phi) is 13.2. The molecule has 15 nitrogen and oxygen atoms in total. The minimum absolute atomic E-state index is 0.0292. The number of hydrogen-bond donors (Lipinski definition) is 8. The molecule has 1 heterocycles. The summed E-state index contributed by atoms with van der Waals surface area (Å²) in [6.45, 7) is 0.910. The highest BCUT2D eigenvalue weighted by atomic mass is 16.4. The maximum Gasteiger partial charge on any atom is 0.326 e. The molecule has 0 saturated carbocycles. The Morgan fingerprint density at radius 2 is 1.69 bits per heavy atom. The molecule has 0 radical (unpaired) electrons. The number of aliphatic carboxylic acids is 2. The van der Waals surface area contributed by atoms with Crippen molar-refractivity contribution in [2.75, 3.05) is 19.6 Å². The Bertz CT molecular complexity index is 818. The van der Waals surface area contributed by atoms with Crippen LogP contribution in [0.15, 0.2) is 4.99 Å². The number of carboxylic acids is 2. The number of nitrogens with zero attached hydrogens (tertiary/aromatic N) is 2. The minimum atomic E-state index is -1.55. The number of carbonyl (C=O) groups excluding carboxylic acids is 3. The Morgan fingerprint density at radius 3 is 2.28 bits per heavy atom. The number of rotatable bonds is 16. The summed E-state index contributed by atoms with van der Waals surface area (Å²) in [5, 5.41) is 23.2. The summed E-state index contributed by atoms with van der Waals surface area (Å²) in [5.74, 6) is -4.98. The number of nitrogens with two attached hydrogens (primary N) is 4. The monoisotopic (exact) mass is 514 g/mol. The van der Waals surface area contributed by atoms with Crippen molar-refractivity contribution in [1.29, 1.82) is 0 Å². The maximum atomic E-state index is 12.9. The molecule has 0 aromatic carbocycles. The third-order valence-electron chi connectivity index (χ3n) is 5.70. The number of carboxylic acid groups (broad SMARTS) is 2. The van der Waals surface area contributed by atoms with Gasteiger partial charge < -0.3 is 48.7 Å². The van der Waals surface area contributed by atoms with Gasteiger partial charge in [-0.2, -0.15) is 0 Å². The van der Waals surface area contributed by atoms with Crippen molar-refractivity contribution in [2.45, 2.75) is 75.5 Å². The number of likely N-dealkylation sites (tertiary alicyclic amines) is 1. The lowest BCUT2D eigenvalue weighted by Crippen LogP contribution is -2.57. The van der Waals surface area contributed by atoms with E-state index in [1.54, 1.807) is 0 Å². The molecule has 0 aromatic rings. The van der Waals surface area contributed by atoms with Crippen LogP contribution >= 0.6 is 0 Å². The fourth-order valence-corrected chi connectivity index (χ4v) is 3.83. The van der Waals surface area contributed by atoms with E-state index in [0.717, 1.165) is 0 Å². The van der Waals surface area contributed by atoms with Gasteiger partial charge in [-0.1, -0.05) is 6.42 Å². The molecule has 0 aromatic heterocycles. The number of carbonyl (C=O) groups is 5. The van der Waals surface area contributed by atoms with Gasteiger partial charge >= 0.3 is 11.9 Å². The van der Waals surface area contributed by atoms with Gasteiger partial charge in [-0.25, -0.2) is 4.79 Å². The highest BCUT2D eigenvalue weighted by Gasteiger charge is 2.38. The molecular weight excluding hydrogens is 476 g/mol. The largest absolute Gasteiger partial charge is 0.481 e. The second-order valence-electron chi connectivity index (χ2n) is 8.59. The summed E-state index contributed by atoms with van der Waals surface area (Å²) in [6.07, 6.45) is 2.05. The zero-order chi connectivity index (χ0) is 27.3. The molecule has 204 valence electrons. The minimum Gasteiger partial charge on any atom is -0.481 e. The first-order valence-corrected chi connectivity index (χ1v) is 11.8. The molecule has 15 heteroatoms. The smallest absolute Gasteiger partial charge is 0.326 e. The predicted molar refractivity (Wildman–Crippen MR) is 129 cm³/mol. The molecule has 0 bridgehead atoms. The second kappa shape index (κ2) is 15.5. The van der Waals surface area contributed by atoms with Gasteiger partial charge in [0.1, 0.15) is 18.1 Å². The molecule has 0 aliphatic carbocycles. The van der Waals surface area contributed by atoms with Gasteiger partial charge in [0.15, 0.2) is 5.96 Å². The van der Waals surface area contributed by atoms with Crippen LogP contribution in [0.3, 0.4) is 0 Å². The molecule has 4 unspecified atom stereocenters. The highest BCUT2D eigenvalue weighted by molar-refractivity contribution is 5.95. The van der Waals surface area contributed by atoms with Crippen molar-refractivity contribution in [1.82, 2.24) is 15.5 Å². The van der Waals surface area contributed by atoms with Gasteiger partial charge in [0, 0.05) is 13.1 Å². The van der Waals surface area contributed by atoms with Gasteiger partial charge in [-0.3, -0.25) is 24.2 Å². The van der Waals surface area contributed by atoms with Crippen LogP contribution in [0.2, 0.25) is 0 Å². The molecule has 36 heavy (non-hydrogen) atoms. The maximum absolute atomic E-state index is 12.9. The fraction of sp³-hybridized carbons (Fsp3) is 0.714. The van der Waals surface area contributed by atoms with E-state index < -0.39 is 60.2 Å². The fourth-order valence-electron chi connectivity index (χ4n) is 3.83. The Hall–Kier alpha value is -3.46. The van der Waals surface area contributed by atoms with E-state index in [4.69, 9.17) is 22.9 Å². The number of guanidine groups is 1. The van der Waals surface area contributed by atoms with Gasteiger partial charge in [0.25, 0.3) is 0 Å². The SMILES string of the molecule is NCCCCC(N)C(=O)N1CCCC1C(=O)NC(CC(=O)O)C(=O)NC(CCCN=C(N)N)C(=O)O. The number of unbranched alkanes of at least 4 members (excludes halogenated alkanes) is 1. The predicted octanol–water partition coefficient (Wildman–Crippen LogP) is -2.98. The van der Waals surface area contributed by atoms with Crippen molar-refractivity contribution >= 4 is 35.6 Å². The lowest BCUT2D eigenvalue weighted by Gasteiger charge is -2.28. The lowest BCUT2D eigenvalue weighted by atomic mass is 10.1. The van der Waals surface area contributed by atoms with Gasteiger partial charge in [-0.05, 0) is 45.1 Å². The average molecular weight is 515 g/mol. The highest BCUT2D eigenvalue weighted by Crippen LogP contribution is 2.19. The summed E-state index contributed by atoms with van der Waals surface area (Å²) in [6, 6.07) is -4.63. The molecule has 3 amide bonds. The molecule has 12 N–H and O–H groups in total. The zero-order valence-corrected chi connectivity index (χ0v) is 20.2. The van der Waals surface area contributed by atoms with Gasteiger partial charge in [0.2, 0.25) is 17.7 Å². The first-order chi connectivity index (χ1) is 17.0. The van der Waals surface area contributed by atoms with E-state index in [1.165, 1.54) is 4.90 Å². The molecule has 0 spiro atoms. The normalized spacial score (nSPS) is 17.5. The summed E-state index contributed by atoms with van der Waals surface area (Å²) < 4.78 is 0. The summed E-state index contributed by atoms with van der Waals surface area (Å²) in [7, 11) is 0. The van der Waals surface area contributed by atoms with E-state index in [-0.39, 0.29) is 25.3 Å². The van der Waals surface area contributed by atoms with Crippen LogP contribution in [-0.2, 0) is 24.0 Å². The van der Waals surface area contributed by atoms with Gasteiger partial charge in [-0.15, -0.1) is 0 Å². The van der Waals surface area contributed by atoms with E-state index in [9.17, 15) is 34.2 Å². The Morgan fingerprint density at radius 1 is 1.00 bits per heavy atom. The van der Waals surface area contributed by atoms with Crippen molar-refractivity contribution in [3.05, 3.63) is 0 Å². The third kappa shape index (κ3) is 10.4. The van der Waals surface area contributed by atoms with Crippen LogP contribution in [-0.4, -0.2) is 94.5 Å². The van der Waals surface area contributed by atoms with Crippen molar-refractivity contribution in [2.24, 2.45) is 27.9 Å². The van der Waals surface area contributed by atoms with Crippen molar-refractivity contribution in [3.8, 4) is 0 Å². The molecule has 1 fully saturated rings. The van der Waals surface area contributed by atoms with Gasteiger partial charge in [0.05, 0.1) is 12.5 Å². The molecule has 1 saturated heterocycles. The first kappa shape index (κ1) is 30.6. The summed E-state index contributed by atoms with van der Waals surface area (Å²) in [4.78, 5) is 66.4. The van der Waals surface area contributed by atoms with E-state index in [1.807, 2.05) is 0 Å². The number of aliphatic imine (C=N–C) groups is 1. The summed E-state index contributed by atoms with van der Waals surface area (Å²) in [5.41, 5.74) is 21.9. The van der Waals surface area contributed by atoms with E-state index >= 15 is 0 Å². The molecule has 1 aliphatic rings. The molecule has 1 aliphatic heterocycles.